The monoisotopic (exact) mass is 370 g/mol. The van der Waals surface area contributed by atoms with Crippen molar-refractivity contribution in [3.05, 3.63) is 71.8 Å². The number of nitrogens with two attached hydrogens (primary N) is 1. The van der Waals surface area contributed by atoms with Gasteiger partial charge < -0.3 is 15.8 Å². The van der Waals surface area contributed by atoms with Crippen molar-refractivity contribution in [2.45, 2.75) is 19.1 Å². The minimum absolute atomic E-state index is 0.0966. The lowest BCUT2D eigenvalue weighted by Crippen LogP contribution is -2.52. The predicted octanol–water partition coefficient (Wildman–Crippen LogP) is 0.630. The van der Waals surface area contributed by atoms with Crippen molar-refractivity contribution < 1.29 is 19.1 Å². The van der Waals surface area contributed by atoms with Crippen molar-refractivity contribution in [1.29, 1.82) is 0 Å². The molecule has 142 valence electrons. The van der Waals surface area contributed by atoms with E-state index in [4.69, 9.17) is 10.5 Å². The number of carbonyl (C=O) groups excluding carboxylic acids is 3. The number of nitrogens with one attached hydrogen (secondary N) is 3. The van der Waals surface area contributed by atoms with Crippen molar-refractivity contribution in [1.82, 2.24) is 16.2 Å². The lowest BCUT2D eigenvalue weighted by atomic mass is 10.1. The van der Waals surface area contributed by atoms with Crippen molar-refractivity contribution in [3.8, 4) is 0 Å². The lowest BCUT2D eigenvalue weighted by Gasteiger charge is -2.13. The number of hydrogen-bond donors (Lipinski definition) is 4. The fourth-order valence-electron chi connectivity index (χ4n) is 2.16. The SMILES string of the molecule is NC(Cc1ccccc1)C(=O)NNC(=O)CNC(=O)OCc1ccccc1. The quantitative estimate of drug-likeness (QED) is 0.533. The topological polar surface area (TPSA) is 123 Å². The predicted molar refractivity (Wildman–Crippen MR) is 99.0 cm³/mol. The molecule has 0 radical (unpaired) electrons. The molecular formula is C19H22N4O4. The number of benzene rings is 2. The molecule has 0 saturated heterocycles. The first-order valence-electron chi connectivity index (χ1n) is 8.37. The van der Waals surface area contributed by atoms with Gasteiger partial charge in [0, 0.05) is 0 Å². The van der Waals surface area contributed by atoms with E-state index in [1.807, 2.05) is 60.7 Å². The van der Waals surface area contributed by atoms with Crippen LogP contribution in [0.25, 0.3) is 0 Å². The number of rotatable bonds is 7. The summed E-state index contributed by atoms with van der Waals surface area (Å²) in [5.74, 6) is -1.13. The summed E-state index contributed by atoms with van der Waals surface area (Å²) in [5, 5.41) is 2.29. The number of hydrazine groups is 1. The van der Waals surface area contributed by atoms with E-state index in [1.165, 1.54) is 0 Å². The van der Waals surface area contributed by atoms with Crippen LogP contribution in [0.2, 0.25) is 0 Å². The van der Waals surface area contributed by atoms with E-state index in [0.717, 1.165) is 11.1 Å². The molecule has 1 unspecified atom stereocenters. The average molecular weight is 370 g/mol. The van der Waals surface area contributed by atoms with E-state index in [2.05, 4.69) is 16.2 Å². The minimum Gasteiger partial charge on any atom is -0.445 e. The van der Waals surface area contributed by atoms with Gasteiger partial charge in [0.05, 0.1) is 6.04 Å². The third kappa shape index (κ3) is 7.57. The highest BCUT2D eigenvalue weighted by Gasteiger charge is 2.15. The summed E-state index contributed by atoms with van der Waals surface area (Å²) in [6.45, 7) is -0.249. The van der Waals surface area contributed by atoms with Gasteiger partial charge in [-0.2, -0.15) is 0 Å². The van der Waals surface area contributed by atoms with Gasteiger partial charge in [0.25, 0.3) is 11.8 Å². The van der Waals surface area contributed by atoms with Crippen LogP contribution in [0.15, 0.2) is 60.7 Å². The molecule has 8 heteroatoms. The molecule has 2 aromatic carbocycles. The summed E-state index contributed by atoms with van der Waals surface area (Å²) in [4.78, 5) is 35.1. The molecule has 3 amide bonds. The maximum atomic E-state index is 11.9. The molecule has 1 atom stereocenters. The van der Waals surface area contributed by atoms with Crippen LogP contribution >= 0.6 is 0 Å². The third-order valence-corrected chi connectivity index (χ3v) is 3.57. The molecule has 0 aliphatic heterocycles. The highest BCUT2D eigenvalue weighted by Crippen LogP contribution is 2.02. The van der Waals surface area contributed by atoms with Gasteiger partial charge in [0.2, 0.25) is 0 Å². The van der Waals surface area contributed by atoms with Crippen molar-refractivity contribution in [3.63, 3.8) is 0 Å². The van der Waals surface area contributed by atoms with Gasteiger partial charge in [0.15, 0.2) is 0 Å². The minimum atomic E-state index is -0.809. The van der Waals surface area contributed by atoms with Crippen molar-refractivity contribution in [2.75, 3.05) is 6.54 Å². The Kier molecular flexibility index (Phi) is 7.80. The van der Waals surface area contributed by atoms with Gasteiger partial charge in [-0.25, -0.2) is 4.79 Å². The molecule has 27 heavy (non-hydrogen) atoms. The van der Waals surface area contributed by atoms with E-state index >= 15 is 0 Å². The molecule has 0 spiro atoms. The maximum absolute atomic E-state index is 11.9. The largest absolute Gasteiger partial charge is 0.445 e. The Morgan fingerprint density at radius 3 is 2.11 bits per heavy atom. The molecule has 0 saturated carbocycles. The van der Waals surface area contributed by atoms with Gasteiger partial charge >= 0.3 is 6.09 Å². The molecular weight excluding hydrogens is 348 g/mol. The lowest BCUT2D eigenvalue weighted by molar-refractivity contribution is -0.129. The van der Waals surface area contributed by atoms with Crippen LogP contribution in [-0.2, 0) is 27.4 Å². The van der Waals surface area contributed by atoms with Crippen LogP contribution in [0.4, 0.5) is 4.79 Å². The van der Waals surface area contributed by atoms with E-state index in [-0.39, 0.29) is 13.2 Å². The highest BCUT2D eigenvalue weighted by atomic mass is 16.5. The molecule has 5 N–H and O–H groups in total. The standard InChI is InChI=1S/C19H22N4O4/c20-16(11-14-7-3-1-4-8-14)18(25)23-22-17(24)12-21-19(26)27-13-15-9-5-2-6-10-15/h1-10,16H,11-13,20H2,(H,21,26)(H,22,24)(H,23,25). The second kappa shape index (κ2) is 10.6. The van der Waals surface area contributed by atoms with Crippen LogP contribution in [-0.4, -0.2) is 30.5 Å². The molecule has 2 rings (SSSR count). The normalized spacial score (nSPS) is 11.1. The fraction of sp³-hybridized carbons (Fsp3) is 0.211. The first-order chi connectivity index (χ1) is 13.0. The van der Waals surface area contributed by atoms with Gasteiger partial charge in [-0.3, -0.25) is 20.4 Å². The van der Waals surface area contributed by atoms with Gasteiger partial charge in [0.1, 0.15) is 13.2 Å². The number of amides is 3. The Bertz CT molecular complexity index is 753. The van der Waals surface area contributed by atoms with E-state index < -0.39 is 23.9 Å². The zero-order chi connectivity index (χ0) is 19.5. The van der Waals surface area contributed by atoms with Crippen LogP contribution in [0.3, 0.4) is 0 Å². The molecule has 0 aliphatic rings. The second-order valence-corrected chi connectivity index (χ2v) is 5.75. The highest BCUT2D eigenvalue weighted by molar-refractivity contribution is 5.87. The summed E-state index contributed by atoms with van der Waals surface area (Å²) in [5.41, 5.74) is 12.0. The van der Waals surface area contributed by atoms with E-state index in [0.29, 0.717) is 6.42 Å². The smallest absolute Gasteiger partial charge is 0.407 e. The molecule has 0 aromatic heterocycles. The van der Waals surface area contributed by atoms with E-state index in [9.17, 15) is 14.4 Å². The van der Waals surface area contributed by atoms with Crippen molar-refractivity contribution in [2.24, 2.45) is 5.73 Å². The van der Waals surface area contributed by atoms with Gasteiger partial charge in [-0.15, -0.1) is 0 Å². The number of carbonyl (C=O) groups is 3. The van der Waals surface area contributed by atoms with Gasteiger partial charge in [-0.05, 0) is 17.5 Å². The number of hydrogen-bond acceptors (Lipinski definition) is 5. The Morgan fingerprint density at radius 1 is 0.889 bits per heavy atom. The fourth-order valence-corrected chi connectivity index (χ4v) is 2.16. The zero-order valence-corrected chi connectivity index (χ0v) is 14.7. The van der Waals surface area contributed by atoms with Crippen LogP contribution in [0.1, 0.15) is 11.1 Å². The molecule has 0 aliphatic carbocycles. The molecule has 0 fully saturated rings. The van der Waals surface area contributed by atoms with Gasteiger partial charge in [-0.1, -0.05) is 60.7 Å². The van der Waals surface area contributed by atoms with Crippen LogP contribution < -0.4 is 21.9 Å². The Balaban J connectivity index is 1.62. The Morgan fingerprint density at radius 2 is 1.48 bits per heavy atom. The number of alkyl carbamates (subject to hydrolysis) is 1. The Labute approximate surface area is 157 Å². The zero-order valence-electron chi connectivity index (χ0n) is 14.7. The molecule has 0 bridgehead atoms. The molecule has 0 heterocycles. The van der Waals surface area contributed by atoms with Crippen molar-refractivity contribution >= 4 is 17.9 Å². The maximum Gasteiger partial charge on any atom is 0.407 e. The molecule has 2 aromatic rings. The molecule has 8 nitrogen and oxygen atoms in total. The summed E-state index contributed by atoms with van der Waals surface area (Å²) in [7, 11) is 0. The first-order valence-corrected chi connectivity index (χ1v) is 8.37. The summed E-state index contributed by atoms with van der Waals surface area (Å²) in [6, 6.07) is 17.6. The summed E-state index contributed by atoms with van der Waals surface area (Å²) >= 11 is 0. The van der Waals surface area contributed by atoms with Crippen LogP contribution in [0, 0.1) is 0 Å². The van der Waals surface area contributed by atoms with Crippen LogP contribution in [0.5, 0.6) is 0 Å². The average Bonchev–Trinajstić information content (AvgIpc) is 2.70. The third-order valence-electron chi connectivity index (χ3n) is 3.57. The van der Waals surface area contributed by atoms with E-state index in [1.54, 1.807) is 0 Å². The second-order valence-electron chi connectivity index (χ2n) is 5.75. The summed E-state index contributed by atoms with van der Waals surface area (Å²) < 4.78 is 4.97. The summed E-state index contributed by atoms with van der Waals surface area (Å²) in [6.07, 6.45) is -0.395. The first kappa shape index (κ1) is 19.9. The number of ether oxygens (including phenoxy) is 1. The Hall–Kier alpha value is -3.39.